The van der Waals surface area contributed by atoms with E-state index in [4.69, 9.17) is 9.26 Å². The third-order valence-corrected chi connectivity index (χ3v) is 7.71. The van der Waals surface area contributed by atoms with E-state index in [1.54, 1.807) is 27.2 Å². The summed E-state index contributed by atoms with van der Waals surface area (Å²) in [5.41, 5.74) is 2.95. The Morgan fingerprint density at radius 1 is 1.27 bits per heavy atom. The van der Waals surface area contributed by atoms with E-state index in [2.05, 4.69) is 15.5 Å². The molecule has 2 aromatic rings. The zero-order valence-electron chi connectivity index (χ0n) is 18.0. The number of amides is 1. The Morgan fingerprint density at radius 2 is 1.93 bits per heavy atom. The molecule has 0 saturated carbocycles. The lowest BCUT2D eigenvalue weighted by molar-refractivity contribution is -0.126. The Kier molecular flexibility index (Phi) is 6.47. The van der Waals surface area contributed by atoms with Gasteiger partial charge in [-0.1, -0.05) is 5.16 Å². The van der Waals surface area contributed by atoms with Gasteiger partial charge in [-0.25, -0.2) is 8.42 Å². The summed E-state index contributed by atoms with van der Waals surface area (Å²) >= 11 is 0. The lowest BCUT2D eigenvalue weighted by atomic mass is 9.97. The second-order valence-corrected chi connectivity index (χ2v) is 9.47. The molecule has 164 valence electrons. The number of rotatable bonds is 6. The van der Waals surface area contributed by atoms with Crippen LogP contribution in [-0.2, 0) is 21.4 Å². The molecule has 10 heteroatoms. The topological polar surface area (TPSA) is 115 Å². The number of carbonyl (C=O) groups is 1. The van der Waals surface area contributed by atoms with Crippen molar-refractivity contribution in [2.75, 3.05) is 20.2 Å². The largest absolute Gasteiger partial charge is 0.496 e. The van der Waals surface area contributed by atoms with Gasteiger partial charge in [0.1, 0.15) is 16.3 Å². The van der Waals surface area contributed by atoms with E-state index < -0.39 is 10.0 Å². The number of methoxy groups -OCH3 is 1. The zero-order valence-corrected chi connectivity index (χ0v) is 18.8. The lowest BCUT2D eigenvalue weighted by Gasteiger charge is -2.30. The van der Waals surface area contributed by atoms with Gasteiger partial charge in [0.05, 0.1) is 19.3 Å². The van der Waals surface area contributed by atoms with Gasteiger partial charge in [-0.2, -0.15) is 4.31 Å². The molecule has 0 radical (unpaired) electrons. The summed E-state index contributed by atoms with van der Waals surface area (Å²) in [6, 6.07) is 0. The number of ether oxygens (including phenoxy) is 1. The number of aryl methyl sites for hydroxylation is 3. The van der Waals surface area contributed by atoms with Crippen molar-refractivity contribution in [3.63, 3.8) is 0 Å². The summed E-state index contributed by atoms with van der Waals surface area (Å²) in [5, 5.41) is 6.67. The molecule has 30 heavy (non-hydrogen) atoms. The van der Waals surface area contributed by atoms with Crippen molar-refractivity contribution in [1.29, 1.82) is 0 Å². The average molecular weight is 437 g/mol. The van der Waals surface area contributed by atoms with Gasteiger partial charge < -0.3 is 14.6 Å². The predicted octanol–water partition coefficient (Wildman–Crippen LogP) is 2.03. The van der Waals surface area contributed by atoms with E-state index in [-0.39, 0.29) is 35.6 Å². The quantitative estimate of drug-likeness (QED) is 0.737. The first-order valence-corrected chi connectivity index (χ1v) is 11.3. The number of hydrogen-bond acceptors (Lipinski definition) is 7. The van der Waals surface area contributed by atoms with Crippen LogP contribution in [0.3, 0.4) is 0 Å². The molecular weight excluding hydrogens is 408 g/mol. The molecule has 3 heterocycles. The van der Waals surface area contributed by atoms with Crippen LogP contribution in [0.2, 0.25) is 0 Å². The summed E-state index contributed by atoms with van der Waals surface area (Å²) in [6.45, 7) is 7.89. The van der Waals surface area contributed by atoms with Crippen LogP contribution >= 0.6 is 0 Å². The second kappa shape index (κ2) is 8.73. The Balaban J connectivity index is 1.60. The number of nitrogens with zero attached hydrogens (tertiary/aromatic N) is 3. The highest BCUT2D eigenvalue weighted by atomic mass is 32.2. The zero-order chi connectivity index (χ0) is 22.1. The first-order valence-electron chi connectivity index (χ1n) is 9.86. The summed E-state index contributed by atoms with van der Waals surface area (Å²) in [6.07, 6.45) is 2.64. The van der Waals surface area contributed by atoms with Crippen LogP contribution in [0.5, 0.6) is 5.75 Å². The normalized spacial score (nSPS) is 15.9. The fraction of sp³-hybridized carbons (Fsp3) is 0.550. The molecule has 0 atom stereocenters. The molecule has 1 aliphatic rings. The van der Waals surface area contributed by atoms with Gasteiger partial charge in [-0.05, 0) is 40.5 Å². The van der Waals surface area contributed by atoms with Gasteiger partial charge in [0.15, 0.2) is 5.76 Å². The van der Waals surface area contributed by atoms with Gasteiger partial charge >= 0.3 is 0 Å². The van der Waals surface area contributed by atoms with Crippen LogP contribution < -0.4 is 10.1 Å². The fourth-order valence-corrected chi connectivity index (χ4v) is 5.66. The van der Waals surface area contributed by atoms with Crippen molar-refractivity contribution >= 4 is 15.9 Å². The number of pyridine rings is 1. The smallest absolute Gasteiger partial charge is 0.248 e. The third-order valence-electron chi connectivity index (χ3n) is 5.57. The number of piperidine rings is 1. The summed E-state index contributed by atoms with van der Waals surface area (Å²) in [5.74, 6) is 0.717. The molecule has 0 spiro atoms. The van der Waals surface area contributed by atoms with Gasteiger partial charge in [0.25, 0.3) is 0 Å². The molecule has 0 bridgehead atoms. The molecular formula is C20H28N4O5S. The van der Waals surface area contributed by atoms with Crippen LogP contribution in [0.25, 0.3) is 0 Å². The SMILES string of the molecule is COc1c(C)cnc(CNC(=O)C2CCN(S(=O)(=O)c3c(C)noc3C)CC2)c1C. The maximum Gasteiger partial charge on any atom is 0.248 e. The molecule has 3 rings (SSSR count). The highest BCUT2D eigenvalue weighted by Crippen LogP contribution is 2.28. The number of hydrogen-bond donors (Lipinski definition) is 1. The van der Waals surface area contributed by atoms with Crippen molar-refractivity contribution in [2.24, 2.45) is 5.92 Å². The van der Waals surface area contributed by atoms with E-state index >= 15 is 0 Å². The van der Waals surface area contributed by atoms with Crippen LogP contribution in [0.15, 0.2) is 15.6 Å². The van der Waals surface area contributed by atoms with Crippen molar-refractivity contribution in [3.8, 4) is 5.75 Å². The minimum Gasteiger partial charge on any atom is -0.496 e. The van der Waals surface area contributed by atoms with Crippen LogP contribution in [-0.4, -0.2) is 49.0 Å². The average Bonchev–Trinajstić information content (AvgIpc) is 3.06. The summed E-state index contributed by atoms with van der Waals surface area (Å²) in [7, 11) is -2.07. The molecule has 9 nitrogen and oxygen atoms in total. The maximum atomic E-state index is 12.9. The summed E-state index contributed by atoms with van der Waals surface area (Å²) in [4.78, 5) is 17.2. The van der Waals surface area contributed by atoms with Crippen molar-refractivity contribution in [1.82, 2.24) is 19.8 Å². The predicted molar refractivity (Wildman–Crippen MR) is 110 cm³/mol. The lowest BCUT2D eigenvalue weighted by Crippen LogP contribution is -2.43. The Labute approximate surface area is 176 Å². The Hall–Kier alpha value is -2.46. The molecule has 2 aromatic heterocycles. The fourth-order valence-electron chi connectivity index (χ4n) is 3.89. The second-order valence-electron chi connectivity index (χ2n) is 7.60. The maximum absolute atomic E-state index is 12.9. The number of nitrogens with one attached hydrogen (secondary N) is 1. The van der Waals surface area contributed by atoms with E-state index in [1.807, 2.05) is 13.8 Å². The van der Waals surface area contributed by atoms with Crippen LogP contribution in [0, 0.1) is 33.6 Å². The minimum atomic E-state index is -3.68. The van der Waals surface area contributed by atoms with Crippen LogP contribution in [0.1, 0.15) is 41.1 Å². The van der Waals surface area contributed by atoms with Crippen molar-refractivity contribution < 1.29 is 22.5 Å². The molecule has 0 aromatic carbocycles. The highest BCUT2D eigenvalue weighted by molar-refractivity contribution is 7.89. The van der Waals surface area contributed by atoms with Crippen molar-refractivity contribution in [2.45, 2.75) is 52.0 Å². The van der Waals surface area contributed by atoms with Crippen LogP contribution in [0.4, 0.5) is 0 Å². The summed E-state index contributed by atoms with van der Waals surface area (Å²) < 4.78 is 37.6. The van der Waals surface area contributed by atoms with Gasteiger partial charge in [-0.15, -0.1) is 0 Å². The molecule has 1 amide bonds. The monoisotopic (exact) mass is 436 g/mol. The van der Waals surface area contributed by atoms with Gasteiger partial charge in [-0.3, -0.25) is 9.78 Å². The molecule has 0 aliphatic carbocycles. The number of aromatic nitrogens is 2. The van der Waals surface area contributed by atoms with E-state index in [0.29, 0.717) is 25.1 Å². The highest BCUT2D eigenvalue weighted by Gasteiger charge is 2.35. The Morgan fingerprint density at radius 3 is 2.50 bits per heavy atom. The first-order chi connectivity index (χ1) is 14.2. The number of sulfonamides is 1. The molecule has 1 aliphatic heterocycles. The van der Waals surface area contributed by atoms with Gasteiger partial charge in [0.2, 0.25) is 15.9 Å². The Bertz CT molecular complexity index is 1020. The third kappa shape index (κ3) is 4.20. The van der Waals surface area contributed by atoms with Gasteiger partial charge in [0, 0.05) is 36.3 Å². The van der Waals surface area contributed by atoms with E-state index in [9.17, 15) is 13.2 Å². The molecule has 0 unspecified atom stereocenters. The van der Waals surface area contributed by atoms with E-state index in [0.717, 1.165) is 22.6 Å². The molecule has 1 N–H and O–H groups in total. The molecule has 1 saturated heterocycles. The first kappa shape index (κ1) is 22.2. The van der Waals surface area contributed by atoms with Crippen molar-refractivity contribution in [3.05, 3.63) is 34.5 Å². The minimum absolute atomic E-state index is 0.0925. The number of carbonyl (C=O) groups excluding carboxylic acids is 1. The van der Waals surface area contributed by atoms with E-state index in [1.165, 1.54) is 4.31 Å². The molecule has 1 fully saturated rings. The standard InChI is InChI=1S/C20H28N4O5S/c1-12-10-21-17(13(2)18(12)28-5)11-22-20(25)16-6-8-24(9-7-16)30(26,27)19-14(3)23-29-15(19)4/h10,16H,6-9,11H2,1-5H3,(H,22,25).